The number of carbonyl (C=O) groups excluding carboxylic acids is 1. The fourth-order valence-corrected chi connectivity index (χ4v) is 4.06. The number of hydrogen-bond acceptors (Lipinski definition) is 3. The van der Waals surface area contributed by atoms with Crippen molar-refractivity contribution >= 4 is 17.2 Å². The summed E-state index contributed by atoms with van der Waals surface area (Å²) in [6.45, 7) is 1.49. The minimum atomic E-state index is -0.306. The van der Waals surface area contributed by atoms with E-state index in [1.807, 2.05) is 11.0 Å². The normalized spacial score (nSPS) is 13.7. The van der Waals surface area contributed by atoms with Crippen molar-refractivity contribution in [3.63, 3.8) is 0 Å². The third-order valence-electron chi connectivity index (χ3n) is 4.55. The second-order valence-corrected chi connectivity index (χ2v) is 7.18. The van der Waals surface area contributed by atoms with Crippen LogP contribution in [0.25, 0.3) is 11.3 Å². The molecule has 25 heavy (non-hydrogen) atoms. The van der Waals surface area contributed by atoms with E-state index in [4.69, 9.17) is 4.42 Å². The zero-order valence-corrected chi connectivity index (χ0v) is 14.5. The predicted octanol–water partition coefficient (Wildman–Crippen LogP) is 4.66. The zero-order chi connectivity index (χ0) is 17.2. The molecule has 2 aromatic heterocycles. The molecule has 0 saturated heterocycles. The molecule has 0 radical (unpaired) electrons. The Morgan fingerprint density at radius 3 is 2.96 bits per heavy atom. The van der Waals surface area contributed by atoms with Crippen molar-refractivity contribution in [3.05, 3.63) is 69.9 Å². The summed E-state index contributed by atoms with van der Waals surface area (Å²) in [4.78, 5) is 15.8. The van der Waals surface area contributed by atoms with Crippen LogP contribution in [0, 0.1) is 5.82 Å². The molecule has 3 aromatic rings. The summed E-state index contributed by atoms with van der Waals surface area (Å²) >= 11 is 1.77. The van der Waals surface area contributed by atoms with Gasteiger partial charge in [0.15, 0.2) is 0 Å². The van der Waals surface area contributed by atoms with Gasteiger partial charge in [0.1, 0.15) is 17.3 Å². The Kier molecular flexibility index (Phi) is 4.40. The molecule has 1 aliphatic rings. The highest BCUT2D eigenvalue weighted by Gasteiger charge is 2.21. The Morgan fingerprint density at radius 2 is 2.08 bits per heavy atom. The summed E-state index contributed by atoms with van der Waals surface area (Å²) in [7, 11) is 0. The Morgan fingerprint density at radius 1 is 1.20 bits per heavy atom. The molecular formula is C20H18FNO2S. The average molecular weight is 355 g/mol. The Labute approximate surface area is 149 Å². The van der Waals surface area contributed by atoms with E-state index in [1.165, 1.54) is 16.5 Å². The van der Waals surface area contributed by atoms with Crippen molar-refractivity contribution in [2.24, 2.45) is 0 Å². The molecular weight excluding hydrogens is 337 g/mol. The standard InChI is InChI=1S/C20H18FNO2S/c21-17-4-2-1-3-16(17)18-7-5-15(24-18)6-8-20(23)22-11-9-19-14(13-22)10-12-25-19/h1-5,7,10,12H,6,8-9,11,13H2. The minimum Gasteiger partial charge on any atom is -0.461 e. The van der Waals surface area contributed by atoms with Gasteiger partial charge in [-0.15, -0.1) is 11.3 Å². The number of halogens is 1. The van der Waals surface area contributed by atoms with Crippen molar-refractivity contribution in [3.8, 4) is 11.3 Å². The highest BCUT2D eigenvalue weighted by Crippen LogP contribution is 2.26. The van der Waals surface area contributed by atoms with E-state index in [9.17, 15) is 9.18 Å². The van der Waals surface area contributed by atoms with Gasteiger partial charge < -0.3 is 9.32 Å². The molecule has 3 nitrogen and oxygen atoms in total. The maximum Gasteiger partial charge on any atom is 0.223 e. The molecule has 5 heteroatoms. The number of rotatable bonds is 4. The Balaban J connectivity index is 1.38. The first-order chi connectivity index (χ1) is 12.2. The summed E-state index contributed by atoms with van der Waals surface area (Å²) in [5, 5.41) is 2.09. The second-order valence-electron chi connectivity index (χ2n) is 6.18. The molecule has 0 atom stereocenters. The number of carbonyl (C=O) groups is 1. The van der Waals surface area contributed by atoms with E-state index in [2.05, 4.69) is 11.4 Å². The topological polar surface area (TPSA) is 33.5 Å². The molecule has 0 aliphatic carbocycles. The smallest absolute Gasteiger partial charge is 0.223 e. The van der Waals surface area contributed by atoms with Gasteiger partial charge in [-0.25, -0.2) is 4.39 Å². The van der Waals surface area contributed by atoms with Crippen molar-refractivity contribution in [1.29, 1.82) is 0 Å². The lowest BCUT2D eigenvalue weighted by Crippen LogP contribution is -2.35. The lowest BCUT2D eigenvalue weighted by molar-refractivity contribution is -0.132. The van der Waals surface area contributed by atoms with E-state index in [0.717, 1.165) is 13.0 Å². The molecule has 4 rings (SSSR count). The molecule has 0 saturated carbocycles. The Bertz CT molecular complexity index is 899. The number of hydrogen-bond donors (Lipinski definition) is 0. The lowest BCUT2D eigenvalue weighted by atomic mass is 10.1. The summed E-state index contributed by atoms with van der Waals surface area (Å²) < 4.78 is 19.5. The van der Waals surface area contributed by atoms with Gasteiger partial charge in [-0.1, -0.05) is 12.1 Å². The molecule has 128 valence electrons. The van der Waals surface area contributed by atoms with Crippen LogP contribution in [0.15, 0.2) is 52.3 Å². The van der Waals surface area contributed by atoms with Gasteiger partial charge >= 0.3 is 0 Å². The van der Waals surface area contributed by atoms with Crippen LogP contribution in [-0.4, -0.2) is 17.4 Å². The van der Waals surface area contributed by atoms with Gasteiger partial charge in [0.2, 0.25) is 5.91 Å². The maximum absolute atomic E-state index is 13.8. The van der Waals surface area contributed by atoms with Gasteiger partial charge in [0, 0.05) is 30.8 Å². The molecule has 0 spiro atoms. The third kappa shape index (κ3) is 3.37. The average Bonchev–Trinajstić information content (AvgIpc) is 3.28. The SMILES string of the molecule is O=C(CCc1ccc(-c2ccccc2F)o1)N1CCc2sccc2C1. The summed E-state index contributed by atoms with van der Waals surface area (Å²) in [6.07, 6.45) is 1.88. The predicted molar refractivity (Wildman–Crippen MR) is 95.9 cm³/mol. The van der Waals surface area contributed by atoms with E-state index in [0.29, 0.717) is 36.5 Å². The van der Waals surface area contributed by atoms with Crippen LogP contribution in [0.4, 0.5) is 4.39 Å². The van der Waals surface area contributed by atoms with Crippen LogP contribution >= 0.6 is 11.3 Å². The van der Waals surface area contributed by atoms with E-state index >= 15 is 0 Å². The number of aryl methyl sites for hydroxylation is 1. The molecule has 0 fully saturated rings. The molecule has 1 aliphatic heterocycles. The number of furan rings is 1. The quantitative estimate of drug-likeness (QED) is 0.682. The first kappa shape index (κ1) is 16.1. The van der Waals surface area contributed by atoms with Crippen molar-refractivity contribution < 1.29 is 13.6 Å². The number of thiophene rings is 1. The minimum absolute atomic E-state index is 0.140. The van der Waals surface area contributed by atoms with Crippen LogP contribution in [0.1, 0.15) is 22.6 Å². The highest BCUT2D eigenvalue weighted by molar-refractivity contribution is 7.10. The Hall–Kier alpha value is -2.40. The van der Waals surface area contributed by atoms with Gasteiger partial charge in [-0.3, -0.25) is 4.79 Å². The lowest BCUT2D eigenvalue weighted by Gasteiger charge is -2.27. The fraction of sp³-hybridized carbons (Fsp3) is 0.250. The number of benzene rings is 1. The molecule has 1 aromatic carbocycles. The molecule has 0 N–H and O–H groups in total. The monoisotopic (exact) mass is 355 g/mol. The first-order valence-corrected chi connectivity index (χ1v) is 9.25. The number of fused-ring (bicyclic) bond motifs is 1. The highest BCUT2D eigenvalue weighted by atomic mass is 32.1. The molecule has 1 amide bonds. The van der Waals surface area contributed by atoms with E-state index in [-0.39, 0.29) is 11.7 Å². The van der Waals surface area contributed by atoms with E-state index in [1.54, 1.807) is 35.6 Å². The van der Waals surface area contributed by atoms with Crippen LogP contribution in [-0.2, 0) is 24.2 Å². The maximum atomic E-state index is 13.8. The largest absolute Gasteiger partial charge is 0.461 e. The molecule has 0 bridgehead atoms. The van der Waals surface area contributed by atoms with Crippen molar-refractivity contribution in [1.82, 2.24) is 4.90 Å². The summed E-state index contributed by atoms with van der Waals surface area (Å²) in [5.74, 6) is 1.04. The zero-order valence-electron chi connectivity index (χ0n) is 13.7. The number of nitrogens with zero attached hydrogens (tertiary/aromatic N) is 1. The summed E-state index contributed by atoms with van der Waals surface area (Å²) in [6, 6.07) is 12.2. The number of amides is 1. The fourth-order valence-electron chi connectivity index (χ4n) is 3.17. The van der Waals surface area contributed by atoms with Gasteiger partial charge in [0.25, 0.3) is 0 Å². The van der Waals surface area contributed by atoms with Crippen LogP contribution in [0.3, 0.4) is 0 Å². The van der Waals surface area contributed by atoms with Gasteiger partial charge in [-0.2, -0.15) is 0 Å². The van der Waals surface area contributed by atoms with Crippen molar-refractivity contribution in [2.45, 2.75) is 25.8 Å². The second kappa shape index (κ2) is 6.84. The first-order valence-electron chi connectivity index (χ1n) is 8.37. The molecule has 0 unspecified atom stereocenters. The van der Waals surface area contributed by atoms with Crippen LogP contribution in [0.5, 0.6) is 0 Å². The summed E-state index contributed by atoms with van der Waals surface area (Å²) in [5.41, 5.74) is 1.71. The van der Waals surface area contributed by atoms with Crippen LogP contribution < -0.4 is 0 Å². The van der Waals surface area contributed by atoms with Gasteiger partial charge in [0.05, 0.1) is 5.56 Å². The van der Waals surface area contributed by atoms with Crippen molar-refractivity contribution in [2.75, 3.05) is 6.54 Å². The van der Waals surface area contributed by atoms with Gasteiger partial charge in [-0.05, 0) is 47.7 Å². The molecule has 3 heterocycles. The van der Waals surface area contributed by atoms with Crippen LogP contribution in [0.2, 0.25) is 0 Å². The third-order valence-corrected chi connectivity index (χ3v) is 5.57. The van der Waals surface area contributed by atoms with E-state index < -0.39 is 0 Å².